The van der Waals surface area contributed by atoms with Gasteiger partial charge in [-0.15, -0.1) is 0 Å². The molecule has 0 bridgehead atoms. The zero-order chi connectivity index (χ0) is 19.2. The van der Waals surface area contributed by atoms with E-state index in [2.05, 4.69) is 60.1 Å². The van der Waals surface area contributed by atoms with E-state index in [1.165, 1.54) is 19.6 Å². The molecule has 2 rings (SSSR count). The molecule has 2 atom stereocenters. The topological polar surface area (TPSA) is 81.2 Å². The molecule has 2 saturated heterocycles. The van der Waals surface area contributed by atoms with Gasteiger partial charge >= 0.3 is 0 Å². The fourth-order valence-electron chi connectivity index (χ4n) is 1.71. The smallest absolute Gasteiger partial charge is 0.257 e. The van der Waals surface area contributed by atoms with Crippen LogP contribution in [0.3, 0.4) is 0 Å². The van der Waals surface area contributed by atoms with Crippen LogP contribution in [0.15, 0.2) is 0 Å². The van der Waals surface area contributed by atoms with Gasteiger partial charge in [-0.2, -0.15) is 0 Å². The predicted octanol–water partition coefficient (Wildman–Crippen LogP) is 0.967. The number of nitrogens with zero attached hydrogens (tertiary/aromatic N) is 4. The van der Waals surface area contributed by atoms with Crippen molar-refractivity contribution in [2.75, 3.05) is 41.3 Å². The molecule has 0 aromatic heterocycles. The van der Waals surface area contributed by atoms with Crippen LogP contribution in [0, 0.1) is 0 Å². The van der Waals surface area contributed by atoms with Crippen LogP contribution in [-0.4, -0.2) is 94.4 Å². The Morgan fingerprint density at radius 1 is 0.708 bits per heavy atom. The van der Waals surface area contributed by atoms with Crippen LogP contribution in [0.2, 0.25) is 0 Å². The average Bonchev–Trinajstić information content (AvgIpc) is 2.57. The Morgan fingerprint density at radius 2 is 0.958 bits per heavy atom. The van der Waals surface area contributed by atoms with E-state index in [0.717, 1.165) is 0 Å². The number of halogens is 4. The quantitative estimate of drug-likeness (QED) is 0.306. The zero-order valence-electron chi connectivity index (χ0n) is 13.5. The molecular weight excluding hydrogens is 584 g/mol. The summed E-state index contributed by atoms with van der Waals surface area (Å²) in [7, 11) is 6.43. The summed E-state index contributed by atoms with van der Waals surface area (Å²) < 4.78 is 0. The van der Waals surface area contributed by atoms with Gasteiger partial charge in [-0.05, 0) is 0 Å². The first-order chi connectivity index (χ1) is 11.1. The maximum absolute atomic E-state index is 11.3. The van der Waals surface area contributed by atoms with Crippen LogP contribution in [0.4, 0.5) is 0 Å². The lowest BCUT2D eigenvalue weighted by Gasteiger charge is -2.36. The van der Waals surface area contributed by atoms with Gasteiger partial charge in [-0.3, -0.25) is 19.2 Å². The van der Waals surface area contributed by atoms with Gasteiger partial charge in [0.25, 0.3) is 11.8 Å². The van der Waals surface area contributed by atoms with Gasteiger partial charge in [0.1, 0.15) is 0 Å². The summed E-state index contributed by atoms with van der Waals surface area (Å²) in [5.41, 5.74) is 0. The minimum atomic E-state index is -0.538. The van der Waals surface area contributed by atoms with Crippen molar-refractivity contribution in [2.45, 2.75) is 9.90 Å². The van der Waals surface area contributed by atoms with E-state index in [1.54, 1.807) is 28.2 Å². The summed E-state index contributed by atoms with van der Waals surface area (Å²) in [6, 6.07) is 0. The number of carbonyl (C=O) groups excluding carboxylic acids is 4. The Kier molecular flexibility index (Phi) is 10.6. The highest BCUT2D eigenvalue weighted by Gasteiger charge is 2.39. The largest absolute Gasteiger partial charge is 0.335 e. The summed E-state index contributed by atoms with van der Waals surface area (Å²) >= 11 is 11.7. The second-order valence-corrected chi connectivity index (χ2v) is 6.80. The molecule has 24 heavy (non-hydrogen) atoms. The molecule has 2 aliphatic rings. The van der Waals surface area contributed by atoms with Crippen molar-refractivity contribution in [1.82, 2.24) is 19.6 Å². The SMILES string of the molecule is BrBr.CN1C(=O)C(Br)N(C)C(=O)C1Br.CN1CC(=O)N(C)CC1=O. The highest BCUT2D eigenvalue weighted by Crippen LogP contribution is 2.22. The van der Waals surface area contributed by atoms with E-state index >= 15 is 0 Å². The van der Waals surface area contributed by atoms with Crippen LogP contribution in [0.1, 0.15) is 0 Å². The van der Waals surface area contributed by atoms with Crippen LogP contribution in [0.5, 0.6) is 0 Å². The number of likely N-dealkylation sites (N-methyl/N-ethyl adjacent to an activating group) is 4. The standard InChI is InChI=1S/C6H8Br2N2O2.C6H10N2O2.Br2/c1-9-3(7)6(12)10(2)4(8)5(9)11;1-7-3-6(10)8(2)4-5(7)9;1-2/h3-4H,1-2H3;3-4H2,1-2H3;. The van der Waals surface area contributed by atoms with Crippen LogP contribution in [0.25, 0.3) is 0 Å². The number of amides is 4. The van der Waals surface area contributed by atoms with Crippen molar-refractivity contribution in [3.63, 3.8) is 0 Å². The molecule has 0 N–H and O–H groups in total. The first-order valence-electron chi connectivity index (χ1n) is 6.51. The van der Waals surface area contributed by atoms with Gasteiger partial charge in [-0.25, -0.2) is 0 Å². The fourth-order valence-corrected chi connectivity index (χ4v) is 2.76. The zero-order valence-corrected chi connectivity index (χ0v) is 19.8. The maximum Gasteiger partial charge on any atom is 0.257 e. The molecule has 12 heteroatoms. The molecule has 0 saturated carbocycles. The van der Waals surface area contributed by atoms with Gasteiger partial charge in [0.15, 0.2) is 9.90 Å². The highest BCUT2D eigenvalue weighted by atomic mass is 80.9. The number of piperazine rings is 2. The van der Waals surface area contributed by atoms with E-state index in [1.807, 2.05) is 0 Å². The van der Waals surface area contributed by atoms with Crippen LogP contribution in [-0.2, 0) is 19.2 Å². The molecule has 2 aliphatic heterocycles. The van der Waals surface area contributed by atoms with Crippen molar-refractivity contribution in [3.8, 4) is 0 Å². The van der Waals surface area contributed by atoms with Crippen molar-refractivity contribution in [3.05, 3.63) is 0 Å². The lowest BCUT2D eigenvalue weighted by atomic mass is 10.3. The Hall–Kier alpha value is -0.200. The minimum absolute atomic E-state index is 0.00194. The Bertz CT molecular complexity index is 443. The van der Waals surface area contributed by atoms with Gasteiger partial charge < -0.3 is 19.6 Å². The Labute approximate surface area is 172 Å². The highest BCUT2D eigenvalue weighted by molar-refractivity contribution is 9.93. The summed E-state index contributed by atoms with van der Waals surface area (Å²) in [4.78, 5) is 49.0. The molecule has 0 aromatic rings. The molecule has 2 fully saturated rings. The van der Waals surface area contributed by atoms with E-state index in [0.29, 0.717) is 0 Å². The second-order valence-electron chi connectivity index (χ2n) is 5.07. The number of hydrogen-bond donors (Lipinski definition) is 0. The monoisotopic (exact) mass is 598 g/mol. The van der Waals surface area contributed by atoms with Gasteiger partial charge in [-0.1, -0.05) is 31.9 Å². The molecule has 2 unspecified atom stereocenters. The van der Waals surface area contributed by atoms with Crippen LogP contribution < -0.4 is 0 Å². The third-order valence-corrected chi connectivity index (χ3v) is 5.39. The lowest BCUT2D eigenvalue weighted by molar-refractivity contribution is -0.150. The second kappa shape index (κ2) is 10.7. The van der Waals surface area contributed by atoms with Gasteiger partial charge in [0, 0.05) is 56.4 Å². The fraction of sp³-hybridized carbons (Fsp3) is 0.667. The molecule has 138 valence electrons. The van der Waals surface area contributed by atoms with Crippen molar-refractivity contribution >= 4 is 83.7 Å². The summed E-state index contributed by atoms with van der Waals surface area (Å²) in [5, 5.41) is 0. The Balaban J connectivity index is 0.000000405. The third kappa shape index (κ3) is 5.95. The van der Waals surface area contributed by atoms with Gasteiger partial charge in [0.2, 0.25) is 11.8 Å². The van der Waals surface area contributed by atoms with E-state index in [-0.39, 0.29) is 36.7 Å². The molecule has 2 heterocycles. The number of rotatable bonds is 0. The molecule has 4 amide bonds. The molecule has 0 aromatic carbocycles. The molecule has 8 nitrogen and oxygen atoms in total. The first kappa shape index (κ1) is 23.8. The average molecular weight is 602 g/mol. The summed E-state index contributed by atoms with van der Waals surface area (Å²) in [6.07, 6.45) is 0. The molecule has 0 spiro atoms. The van der Waals surface area contributed by atoms with Gasteiger partial charge in [0.05, 0.1) is 13.1 Å². The van der Waals surface area contributed by atoms with E-state index in [4.69, 9.17) is 0 Å². The number of alkyl halides is 2. The number of hydrogen-bond acceptors (Lipinski definition) is 4. The molecular formula is C12H18Br4N4O4. The molecule has 0 radical (unpaired) electrons. The number of carbonyl (C=O) groups is 4. The van der Waals surface area contributed by atoms with Crippen molar-refractivity contribution < 1.29 is 19.2 Å². The summed E-state index contributed by atoms with van der Waals surface area (Å²) in [5.74, 6) is -0.248. The van der Waals surface area contributed by atoms with Crippen LogP contribution >= 0.6 is 60.1 Å². The summed E-state index contributed by atoms with van der Waals surface area (Å²) in [6.45, 7) is 0.435. The maximum atomic E-state index is 11.3. The predicted molar refractivity (Wildman–Crippen MR) is 104 cm³/mol. The third-order valence-electron chi connectivity index (χ3n) is 3.38. The van der Waals surface area contributed by atoms with Crippen molar-refractivity contribution in [1.29, 1.82) is 0 Å². The van der Waals surface area contributed by atoms with Crippen molar-refractivity contribution in [2.24, 2.45) is 0 Å². The molecule has 0 aliphatic carbocycles. The van der Waals surface area contributed by atoms with E-state index < -0.39 is 9.90 Å². The first-order valence-corrected chi connectivity index (χ1v) is 12.1. The van der Waals surface area contributed by atoms with E-state index in [9.17, 15) is 19.2 Å². The lowest BCUT2D eigenvalue weighted by Crippen LogP contribution is -2.58. The minimum Gasteiger partial charge on any atom is -0.335 e. The Morgan fingerprint density at radius 3 is 1.21 bits per heavy atom. The normalized spacial score (nSPS) is 24.3.